The summed E-state index contributed by atoms with van der Waals surface area (Å²) in [5, 5.41) is 0. The third-order valence-corrected chi connectivity index (χ3v) is 10.3. The standard InChI is InChI=1S/C21H26N11O9PS2/c1-8-11-4-37-42(34,43)40-9-2-12(31-6-26-13-16(22)24-5-25-17(13)31)38-10(9)3-28-44(35,36)41-15(8)20(39-11)32-7-27-14-18(32)29-21(23)30-19(14)33/h5-12,15,20,28H,2-4H2,1H3,(H,34,43)(H2,22,24,25)(H3,23,29,30,33)/t8-,9+,10-,11-,12-,15-,20-,42?/m1/s1. The van der Waals surface area contributed by atoms with Crippen LogP contribution in [0.15, 0.2) is 23.8 Å². The van der Waals surface area contributed by atoms with E-state index in [9.17, 15) is 18.1 Å². The molecular formula is C21H26N11O9PS2. The van der Waals surface area contributed by atoms with Crippen LogP contribution < -0.4 is 21.7 Å². The molecular weight excluding hydrogens is 645 g/mol. The number of nitrogen functional groups attached to an aromatic ring is 2. The largest absolute Gasteiger partial charge is 0.382 e. The topological polar surface area (TPSA) is 272 Å². The molecule has 8 atom stereocenters. The predicted octanol–water partition coefficient (Wildman–Crippen LogP) is -1.20. The highest BCUT2D eigenvalue weighted by Gasteiger charge is 2.49. The lowest BCUT2D eigenvalue weighted by Gasteiger charge is -2.25. The molecule has 7 heterocycles. The summed E-state index contributed by atoms with van der Waals surface area (Å²) < 4.78 is 61.4. The summed E-state index contributed by atoms with van der Waals surface area (Å²) >= 11 is 5.32. The molecule has 0 radical (unpaired) electrons. The molecule has 44 heavy (non-hydrogen) atoms. The zero-order chi connectivity index (χ0) is 31.0. The first kappa shape index (κ1) is 29.5. The monoisotopic (exact) mass is 671 g/mol. The van der Waals surface area contributed by atoms with E-state index in [1.165, 1.54) is 23.5 Å². The molecule has 0 amide bonds. The van der Waals surface area contributed by atoms with Gasteiger partial charge in [-0.05, 0) is 11.8 Å². The molecule has 236 valence electrons. The third kappa shape index (κ3) is 5.25. The average molecular weight is 672 g/mol. The molecule has 7 rings (SSSR count). The van der Waals surface area contributed by atoms with E-state index in [1.54, 1.807) is 11.5 Å². The van der Waals surface area contributed by atoms with Crippen LogP contribution in [0, 0.1) is 5.92 Å². The Kier molecular flexibility index (Phi) is 7.19. The van der Waals surface area contributed by atoms with E-state index in [1.807, 2.05) is 0 Å². The number of nitrogens with zero attached hydrogens (tertiary/aromatic N) is 7. The molecule has 23 heteroatoms. The molecule has 0 aromatic carbocycles. The van der Waals surface area contributed by atoms with Crippen molar-refractivity contribution in [1.29, 1.82) is 0 Å². The highest BCUT2D eigenvalue weighted by atomic mass is 32.5. The van der Waals surface area contributed by atoms with Crippen LogP contribution in [0.4, 0.5) is 11.8 Å². The summed E-state index contributed by atoms with van der Waals surface area (Å²) in [6, 6.07) is 0. The number of aromatic amines is 1. The van der Waals surface area contributed by atoms with Gasteiger partial charge >= 0.3 is 17.0 Å². The second kappa shape index (κ2) is 10.7. The fourth-order valence-corrected chi connectivity index (χ4v) is 7.98. The second-order valence-corrected chi connectivity index (χ2v) is 14.6. The number of fused-ring (bicyclic) bond motifs is 5. The van der Waals surface area contributed by atoms with Crippen molar-refractivity contribution in [3.05, 3.63) is 29.3 Å². The minimum atomic E-state index is -4.45. The minimum absolute atomic E-state index is 0.0395. The lowest BCUT2D eigenvalue weighted by atomic mass is 10.0. The Morgan fingerprint density at radius 2 is 1.84 bits per heavy atom. The molecule has 3 fully saturated rings. The summed E-state index contributed by atoms with van der Waals surface area (Å²) in [5.41, 5.74) is 11.8. The quantitative estimate of drug-likeness (QED) is 0.156. The normalized spacial score (nSPS) is 34.4. The Labute approximate surface area is 252 Å². The van der Waals surface area contributed by atoms with E-state index in [4.69, 9.17) is 46.0 Å². The lowest BCUT2D eigenvalue weighted by Crippen LogP contribution is -2.41. The first-order valence-corrected chi connectivity index (χ1v) is 17.2. The van der Waals surface area contributed by atoms with Crippen LogP contribution in [-0.2, 0) is 44.8 Å². The van der Waals surface area contributed by atoms with E-state index in [-0.39, 0.29) is 42.5 Å². The van der Waals surface area contributed by atoms with Gasteiger partial charge in [0, 0.05) is 18.9 Å². The van der Waals surface area contributed by atoms with Crippen LogP contribution in [0.1, 0.15) is 25.8 Å². The van der Waals surface area contributed by atoms with Gasteiger partial charge in [-0.2, -0.15) is 18.1 Å². The van der Waals surface area contributed by atoms with Crippen molar-refractivity contribution in [2.75, 3.05) is 24.6 Å². The van der Waals surface area contributed by atoms with Gasteiger partial charge in [0.2, 0.25) is 5.95 Å². The molecule has 3 aliphatic heterocycles. The zero-order valence-electron chi connectivity index (χ0n) is 22.7. The summed E-state index contributed by atoms with van der Waals surface area (Å²) in [6.45, 7) is -2.83. The maximum absolute atomic E-state index is 13.3. The molecule has 4 aromatic rings. The molecule has 3 saturated heterocycles. The molecule has 0 aliphatic carbocycles. The van der Waals surface area contributed by atoms with Gasteiger partial charge in [0.15, 0.2) is 28.9 Å². The highest BCUT2D eigenvalue weighted by Crippen LogP contribution is 2.50. The van der Waals surface area contributed by atoms with Crippen molar-refractivity contribution in [1.82, 2.24) is 43.8 Å². The van der Waals surface area contributed by atoms with E-state index < -0.39 is 65.4 Å². The number of imidazole rings is 2. The van der Waals surface area contributed by atoms with E-state index in [0.29, 0.717) is 11.2 Å². The SMILES string of the molecule is C[C@H]1[C@H]2OS(=O)(=O)NC[C@H]3O[C@@H](n4cnc5c(N)ncnc54)C[C@@H]3OP(O)(=S)OC[C@H]1O[C@H]2n1cnc2c(=O)[nH]c(N)nc21. The van der Waals surface area contributed by atoms with Crippen LogP contribution in [0.3, 0.4) is 0 Å². The van der Waals surface area contributed by atoms with E-state index in [0.717, 1.165) is 0 Å². The Morgan fingerprint density at radius 3 is 2.66 bits per heavy atom. The second-order valence-electron chi connectivity index (χ2n) is 10.4. The number of aromatic nitrogens is 8. The van der Waals surface area contributed by atoms with Crippen molar-refractivity contribution in [2.45, 2.75) is 50.2 Å². The number of nitrogens with two attached hydrogens (primary N) is 2. The number of hydrogen-bond acceptors (Lipinski definition) is 16. The summed E-state index contributed by atoms with van der Waals surface area (Å²) in [5.74, 6) is -0.631. The van der Waals surface area contributed by atoms with Gasteiger partial charge in [-0.1, -0.05) is 6.92 Å². The first-order chi connectivity index (χ1) is 20.9. The predicted molar refractivity (Wildman–Crippen MR) is 153 cm³/mol. The Hall–Kier alpha value is -3.18. The molecule has 1 unspecified atom stereocenters. The van der Waals surface area contributed by atoms with Gasteiger partial charge in [-0.15, -0.1) is 0 Å². The van der Waals surface area contributed by atoms with Crippen LogP contribution in [0.2, 0.25) is 0 Å². The fourth-order valence-electron chi connectivity index (χ4n) is 5.51. The van der Waals surface area contributed by atoms with Gasteiger partial charge < -0.3 is 34.9 Å². The molecule has 20 nitrogen and oxygen atoms in total. The summed E-state index contributed by atoms with van der Waals surface area (Å²) in [7, 11) is -4.45. The van der Waals surface area contributed by atoms with Gasteiger partial charge in [0.25, 0.3) is 5.56 Å². The van der Waals surface area contributed by atoms with Crippen LogP contribution >= 0.6 is 6.72 Å². The average Bonchev–Trinajstić information content (AvgIpc) is 3.72. The molecule has 0 saturated carbocycles. The molecule has 3 aliphatic rings. The van der Waals surface area contributed by atoms with Crippen molar-refractivity contribution < 1.29 is 36.0 Å². The number of H-pyrrole nitrogens is 1. The Balaban J connectivity index is 1.19. The zero-order valence-corrected chi connectivity index (χ0v) is 25.2. The van der Waals surface area contributed by atoms with Crippen molar-refractivity contribution in [2.24, 2.45) is 5.92 Å². The van der Waals surface area contributed by atoms with Crippen LogP contribution in [0.5, 0.6) is 0 Å². The lowest BCUT2D eigenvalue weighted by molar-refractivity contribution is -0.0464. The number of nitrogens with one attached hydrogen (secondary N) is 2. The first-order valence-electron chi connectivity index (χ1n) is 13.2. The van der Waals surface area contributed by atoms with Crippen LogP contribution in [-0.4, -0.2) is 89.9 Å². The number of rotatable bonds is 2. The van der Waals surface area contributed by atoms with E-state index >= 15 is 0 Å². The van der Waals surface area contributed by atoms with Gasteiger partial charge in [0.05, 0.1) is 31.5 Å². The minimum Gasteiger partial charge on any atom is -0.382 e. The number of ether oxygens (including phenoxy) is 2. The molecule has 7 N–H and O–H groups in total. The number of anilines is 2. The molecule has 4 aromatic heterocycles. The maximum Gasteiger partial charge on any atom is 0.336 e. The fraction of sp³-hybridized carbons (Fsp3) is 0.524. The summed E-state index contributed by atoms with van der Waals surface area (Å²) in [6.07, 6.45) is -1.56. The summed E-state index contributed by atoms with van der Waals surface area (Å²) in [4.78, 5) is 46.3. The highest BCUT2D eigenvalue weighted by molar-refractivity contribution is 8.07. The van der Waals surface area contributed by atoms with Crippen molar-refractivity contribution >= 4 is 62.9 Å². The van der Waals surface area contributed by atoms with E-state index in [2.05, 4.69) is 34.6 Å². The Bertz CT molecular complexity index is 1970. The van der Waals surface area contributed by atoms with Gasteiger partial charge in [-0.25, -0.2) is 24.1 Å². The number of hydrogen-bond donors (Lipinski definition) is 5. The van der Waals surface area contributed by atoms with Crippen molar-refractivity contribution in [3.8, 4) is 0 Å². The Morgan fingerprint density at radius 1 is 1.07 bits per heavy atom. The van der Waals surface area contributed by atoms with Gasteiger partial charge in [-0.3, -0.25) is 18.9 Å². The maximum atomic E-state index is 13.3. The van der Waals surface area contributed by atoms with Gasteiger partial charge in [0.1, 0.15) is 30.3 Å². The smallest absolute Gasteiger partial charge is 0.336 e. The molecule has 2 bridgehead atoms. The van der Waals surface area contributed by atoms with Crippen molar-refractivity contribution in [3.63, 3.8) is 0 Å². The third-order valence-electron chi connectivity index (χ3n) is 7.67. The molecule has 0 spiro atoms. The van der Waals surface area contributed by atoms with Crippen LogP contribution in [0.25, 0.3) is 22.3 Å².